The minimum Gasteiger partial charge on any atom is -0.443 e. The molecule has 0 saturated heterocycles. The van der Waals surface area contributed by atoms with Crippen molar-refractivity contribution in [2.75, 3.05) is 14.1 Å². The molecule has 0 aliphatic rings. The van der Waals surface area contributed by atoms with Crippen molar-refractivity contribution in [3.05, 3.63) is 58.1 Å². The zero-order valence-corrected chi connectivity index (χ0v) is 17.6. The fraction of sp³-hybridized carbons (Fsp3) is 0.190. The highest BCUT2D eigenvalue weighted by molar-refractivity contribution is 7.08. The molecule has 1 heterocycles. The molecule has 7 heteroatoms. The summed E-state index contributed by atoms with van der Waals surface area (Å²) in [5.74, 6) is 0.684. The van der Waals surface area contributed by atoms with Gasteiger partial charge in [-0.05, 0) is 49.2 Å². The van der Waals surface area contributed by atoms with Crippen molar-refractivity contribution >= 4 is 35.2 Å². The summed E-state index contributed by atoms with van der Waals surface area (Å²) >= 11 is 7.11. The number of benzene rings is 2. The first-order valence-corrected chi connectivity index (χ1v) is 9.69. The molecule has 0 aliphatic carbocycles. The van der Waals surface area contributed by atoms with Crippen molar-refractivity contribution in [2.24, 2.45) is 4.99 Å². The van der Waals surface area contributed by atoms with E-state index in [1.54, 1.807) is 18.5 Å². The van der Waals surface area contributed by atoms with E-state index in [4.69, 9.17) is 16.3 Å². The molecule has 0 bridgehead atoms. The Hall–Kier alpha value is -2.88. The molecule has 5 nitrogen and oxygen atoms in total. The van der Waals surface area contributed by atoms with Gasteiger partial charge in [0.2, 0.25) is 5.06 Å². The van der Waals surface area contributed by atoms with Crippen molar-refractivity contribution in [3.63, 3.8) is 0 Å². The van der Waals surface area contributed by atoms with E-state index in [9.17, 15) is 5.26 Å². The Labute approximate surface area is 173 Å². The minimum absolute atomic E-state index is 0.416. The molecule has 0 atom stereocenters. The SMILES string of the molecule is Cc1cc(Oc2snc(-c3ccc(Cl)cc3)c2C#N)c(C)cc1/N=C\N(C)C. The Kier molecular flexibility index (Phi) is 5.98. The second-order valence-corrected chi connectivity index (χ2v) is 7.70. The van der Waals surface area contributed by atoms with Crippen LogP contribution in [0.3, 0.4) is 0 Å². The average Bonchev–Trinajstić information content (AvgIpc) is 3.06. The summed E-state index contributed by atoms with van der Waals surface area (Å²) in [6.45, 7) is 3.93. The number of rotatable bonds is 5. The van der Waals surface area contributed by atoms with Gasteiger partial charge < -0.3 is 9.64 Å². The molecule has 0 saturated carbocycles. The lowest BCUT2D eigenvalue weighted by atomic mass is 10.1. The zero-order valence-electron chi connectivity index (χ0n) is 16.0. The third-order valence-electron chi connectivity index (χ3n) is 4.01. The van der Waals surface area contributed by atoms with Crippen LogP contribution in [-0.2, 0) is 0 Å². The summed E-state index contributed by atoms with van der Waals surface area (Å²) in [6.07, 6.45) is 1.76. The molecule has 3 aromatic rings. The third-order valence-corrected chi connectivity index (χ3v) is 4.99. The Morgan fingerprint density at radius 3 is 2.54 bits per heavy atom. The maximum atomic E-state index is 9.66. The van der Waals surface area contributed by atoms with E-state index in [1.807, 2.05) is 57.1 Å². The summed E-state index contributed by atoms with van der Waals surface area (Å²) < 4.78 is 10.5. The van der Waals surface area contributed by atoms with E-state index in [0.29, 0.717) is 27.1 Å². The molecule has 0 spiro atoms. The minimum atomic E-state index is 0.416. The number of aryl methyl sites for hydroxylation is 2. The molecule has 1 aromatic heterocycles. The van der Waals surface area contributed by atoms with Crippen molar-refractivity contribution in [1.29, 1.82) is 5.26 Å². The van der Waals surface area contributed by atoms with Gasteiger partial charge in [0, 0.05) is 36.2 Å². The van der Waals surface area contributed by atoms with E-state index in [-0.39, 0.29) is 0 Å². The van der Waals surface area contributed by atoms with Gasteiger partial charge in [-0.2, -0.15) is 9.64 Å². The average molecular weight is 411 g/mol. The van der Waals surface area contributed by atoms with Gasteiger partial charge >= 0.3 is 0 Å². The van der Waals surface area contributed by atoms with E-state index >= 15 is 0 Å². The lowest BCUT2D eigenvalue weighted by Crippen LogP contribution is -2.07. The van der Waals surface area contributed by atoms with Crippen molar-refractivity contribution in [3.8, 4) is 28.1 Å². The number of ether oxygens (including phenoxy) is 1. The fourth-order valence-electron chi connectivity index (χ4n) is 2.55. The van der Waals surface area contributed by atoms with E-state index in [0.717, 1.165) is 33.9 Å². The van der Waals surface area contributed by atoms with Crippen LogP contribution in [0.2, 0.25) is 5.02 Å². The number of aromatic nitrogens is 1. The first-order valence-electron chi connectivity index (χ1n) is 8.54. The molecule has 0 amide bonds. The van der Waals surface area contributed by atoms with Gasteiger partial charge in [0.25, 0.3) is 0 Å². The van der Waals surface area contributed by atoms with Crippen LogP contribution in [0, 0.1) is 25.2 Å². The lowest BCUT2D eigenvalue weighted by molar-refractivity contribution is 0.491. The molecule has 2 aromatic carbocycles. The molecule has 0 N–H and O–H groups in total. The van der Waals surface area contributed by atoms with Gasteiger partial charge in [-0.15, -0.1) is 0 Å². The van der Waals surface area contributed by atoms with Crippen molar-refractivity contribution < 1.29 is 4.74 Å². The maximum Gasteiger partial charge on any atom is 0.218 e. The number of aliphatic imine (C=N–C) groups is 1. The Morgan fingerprint density at radius 2 is 1.89 bits per heavy atom. The summed E-state index contributed by atoms with van der Waals surface area (Å²) in [5.41, 5.74) is 4.64. The van der Waals surface area contributed by atoms with Gasteiger partial charge in [0.15, 0.2) is 0 Å². The largest absolute Gasteiger partial charge is 0.443 e. The Balaban J connectivity index is 1.93. The summed E-state index contributed by atoms with van der Waals surface area (Å²) in [5, 5.41) is 10.8. The summed E-state index contributed by atoms with van der Waals surface area (Å²) in [7, 11) is 3.85. The van der Waals surface area contributed by atoms with E-state index in [2.05, 4.69) is 15.4 Å². The summed E-state index contributed by atoms with van der Waals surface area (Å²) in [4.78, 5) is 6.35. The number of halogens is 1. The van der Waals surface area contributed by atoms with Crippen LogP contribution in [0.25, 0.3) is 11.3 Å². The maximum absolute atomic E-state index is 9.66. The summed E-state index contributed by atoms with van der Waals surface area (Å²) in [6, 6.07) is 13.4. The Morgan fingerprint density at radius 1 is 1.18 bits per heavy atom. The molecule has 0 unspecified atom stereocenters. The third kappa shape index (κ3) is 4.33. The molecule has 0 radical (unpaired) electrons. The second-order valence-electron chi connectivity index (χ2n) is 6.53. The van der Waals surface area contributed by atoms with Crippen LogP contribution in [0.1, 0.15) is 16.7 Å². The van der Waals surface area contributed by atoms with Gasteiger partial charge in [-0.1, -0.05) is 23.7 Å². The van der Waals surface area contributed by atoms with Crippen LogP contribution < -0.4 is 4.74 Å². The molecule has 28 heavy (non-hydrogen) atoms. The highest BCUT2D eigenvalue weighted by Crippen LogP contribution is 2.39. The van der Waals surface area contributed by atoms with Crippen LogP contribution >= 0.6 is 23.1 Å². The van der Waals surface area contributed by atoms with Crippen LogP contribution in [-0.4, -0.2) is 29.7 Å². The monoisotopic (exact) mass is 410 g/mol. The molecule has 0 fully saturated rings. The highest BCUT2D eigenvalue weighted by atomic mass is 35.5. The van der Waals surface area contributed by atoms with Crippen molar-refractivity contribution in [1.82, 2.24) is 9.27 Å². The van der Waals surface area contributed by atoms with Gasteiger partial charge in [0.1, 0.15) is 23.1 Å². The number of nitrogens with zero attached hydrogens (tertiary/aromatic N) is 4. The van der Waals surface area contributed by atoms with E-state index < -0.39 is 0 Å². The second kappa shape index (κ2) is 8.42. The number of hydrogen-bond donors (Lipinski definition) is 0. The number of hydrogen-bond acceptors (Lipinski definition) is 5. The molecular weight excluding hydrogens is 392 g/mol. The van der Waals surface area contributed by atoms with Crippen LogP contribution in [0.5, 0.6) is 10.8 Å². The first kappa shape index (κ1) is 19.9. The van der Waals surface area contributed by atoms with Crippen molar-refractivity contribution in [2.45, 2.75) is 13.8 Å². The molecule has 142 valence electrons. The standard InChI is InChI=1S/C21H19ClN4OS/c1-13-10-19(14(2)9-18(13)24-12-26(3)4)27-21-17(11-23)20(25-28-21)15-5-7-16(22)8-6-15/h5-10,12H,1-4H3/b24-12-. The van der Waals surface area contributed by atoms with E-state index in [1.165, 1.54) is 0 Å². The predicted octanol–water partition coefficient (Wildman–Crippen LogP) is 5.97. The van der Waals surface area contributed by atoms with Crippen LogP contribution in [0.15, 0.2) is 41.4 Å². The van der Waals surface area contributed by atoms with Crippen LogP contribution in [0.4, 0.5) is 5.69 Å². The molecule has 0 aliphatic heterocycles. The molecular formula is C21H19ClN4OS. The lowest BCUT2D eigenvalue weighted by Gasteiger charge is -2.11. The molecule has 3 rings (SSSR count). The van der Waals surface area contributed by atoms with Gasteiger partial charge in [-0.25, -0.2) is 4.99 Å². The Bertz CT molecular complexity index is 1070. The highest BCUT2D eigenvalue weighted by Gasteiger charge is 2.18. The normalized spacial score (nSPS) is 10.9. The fourth-order valence-corrected chi connectivity index (χ4v) is 3.41. The predicted molar refractivity (Wildman–Crippen MR) is 115 cm³/mol. The quantitative estimate of drug-likeness (QED) is 0.384. The topological polar surface area (TPSA) is 61.5 Å². The van der Waals surface area contributed by atoms with Gasteiger partial charge in [-0.3, -0.25) is 0 Å². The smallest absolute Gasteiger partial charge is 0.218 e. The first-order chi connectivity index (χ1) is 13.4. The van der Waals surface area contributed by atoms with Gasteiger partial charge in [0.05, 0.1) is 12.0 Å². The number of nitriles is 1. The zero-order chi connectivity index (χ0) is 20.3.